The number of carbonyl (C=O) groups is 2. The number of methoxy groups -OCH3 is 7. The van der Waals surface area contributed by atoms with E-state index in [1.165, 1.54) is 68.0 Å². The number of allylic oxidation sites excluding steroid dienone is 3. The first kappa shape index (κ1) is 31.3. The van der Waals surface area contributed by atoms with Gasteiger partial charge < -0.3 is 33.2 Å². The third kappa shape index (κ3) is 7.51. The number of hydrogen-bond acceptors (Lipinski definition) is 9. The molecular weight excluding hydrogens is 540 g/mol. The first-order valence-electron chi connectivity index (χ1n) is 12.7. The van der Waals surface area contributed by atoms with Gasteiger partial charge in [0.15, 0.2) is 46.1 Å². The lowest BCUT2D eigenvalue weighted by Crippen LogP contribution is -2.09. The molecule has 3 rings (SSSR count). The monoisotopic (exact) mass is 574 g/mol. The topological polar surface area (TPSA) is 98.8 Å². The third-order valence-electron chi connectivity index (χ3n) is 6.20. The molecule has 0 atom stereocenters. The molecule has 220 valence electrons. The largest absolute Gasteiger partial charge is 0.493 e. The SMILES string of the molecule is COc1ccc(/C=C/C(=O)C(=Cc2cc(OC)c(OC)c(OC)c2)C(=O)/C=C/c2ccc(OC)c(OC)c2)cc1OC. The maximum Gasteiger partial charge on any atom is 0.203 e. The highest BCUT2D eigenvalue weighted by Crippen LogP contribution is 2.39. The number of carbonyl (C=O) groups excluding carboxylic acids is 2. The Morgan fingerprint density at radius 2 is 0.857 bits per heavy atom. The molecule has 0 N–H and O–H groups in total. The number of ether oxygens (including phenoxy) is 7. The molecule has 0 saturated carbocycles. The minimum absolute atomic E-state index is 0.0854. The van der Waals surface area contributed by atoms with Gasteiger partial charge in [-0.05, 0) is 71.3 Å². The summed E-state index contributed by atoms with van der Waals surface area (Å²) in [6.45, 7) is 0. The maximum atomic E-state index is 13.5. The minimum Gasteiger partial charge on any atom is -0.493 e. The van der Waals surface area contributed by atoms with E-state index in [4.69, 9.17) is 33.2 Å². The Morgan fingerprint density at radius 1 is 0.476 bits per heavy atom. The summed E-state index contributed by atoms with van der Waals surface area (Å²) < 4.78 is 37.5. The molecule has 9 heteroatoms. The zero-order chi connectivity index (χ0) is 30.6. The van der Waals surface area contributed by atoms with E-state index in [1.807, 2.05) is 0 Å². The number of rotatable bonds is 14. The van der Waals surface area contributed by atoms with Crippen LogP contribution in [-0.2, 0) is 9.59 Å². The van der Waals surface area contributed by atoms with Gasteiger partial charge in [-0.15, -0.1) is 0 Å². The molecule has 0 amide bonds. The smallest absolute Gasteiger partial charge is 0.203 e. The van der Waals surface area contributed by atoms with Crippen molar-refractivity contribution in [3.63, 3.8) is 0 Å². The lowest BCUT2D eigenvalue weighted by molar-refractivity contribution is -0.116. The van der Waals surface area contributed by atoms with Crippen LogP contribution in [0.3, 0.4) is 0 Å². The fraction of sp³-hybridized carbons (Fsp3) is 0.212. The Balaban J connectivity index is 2.05. The second kappa shape index (κ2) is 15.0. The van der Waals surface area contributed by atoms with Crippen LogP contribution in [0, 0.1) is 0 Å². The Morgan fingerprint density at radius 3 is 1.21 bits per heavy atom. The normalized spacial score (nSPS) is 10.7. The average molecular weight is 575 g/mol. The van der Waals surface area contributed by atoms with Gasteiger partial charge in [0.2, 0.25) is 5.75 Å². The molecule has 42 heavy (non-hydrogen) atoms. The van der Waals surface area contributed by atoms with E-state index in [9.17, 15) is 9.59 Å². The summed E-state index contributed by atoms with van der Waals surface area (Å²) >= 11 is 0. The van der Waals surface area contributed by atoms with Crippen molar-refractivity contribution in [2.75, 3.05) is 49.8 Å². The van der Waals surface area contributed by atoms with Crippen molar-refractivity contribution in [1.29, 1.82) is 0 Å². The number of hydrogen-bond donors (Lipinski definition) is 0. The van der Waals surface area contributed by atoms with E-state index in [-0.39, 0.29) is 5.57 Å². The predicted molar refractivity (Wildman–Crippen MR) is 161 cm³/mol. The standard InChI is InChI=1S/C33H34O9/c1-36-27-14-10-21(17-29(27)38-3)8-12-25(34)24(16-23-19-31(40-5)33(42-7)32(20-23)41-6)26(35)13-9-22-11-15-28(37-2)30(18-22)39-4/h8-20H,1-7H3/b12-8+,13-9+. The van der Waals surface area contributed by atoms with Crippen molar-refractivity contribution in [2.45, 2.75) is 0 Å². The second-order valence-corrected chi connectivity index (χ2v) is 8.64. The van der Waals surface area contributed by atoms with Crippen LogP contribution in [0.1, 0.15) is 16.7 Å². The van der Waals surface area contributed by atoms with Crippen LogP contribution in [0.25, 0.3) is 18.2 Å². The molecule has 0 aromatic heterocycles. The number of ketones is 2. The molecular formula is C33H34O9. The number of benzene rings is 3. The summed E-state index contributed by atoms with van der Waals surface area (Å²) in [5, 5.41) is 0. The summed E-state index contributed by atoms with van der Waals surface area (Å²) in [6, 6.07) is 13.8. The maximum absolute atomic E-state index is 13.5. The molecule has 0 aliphatic rings. The van der Waals surface area contributed by atoms with E-state index < -0.39 is 11.6 Å². The van der Waals surface area contributed by atoms with Crippen molar-refractivity contribution in [2.24, 2.45) is 0 Å². The van der Waals surface area contributed by atoms with Crippen LogP contribution in [0.4, 0.5) is 0 Å². The molecule has 0 heterocycles. The average Bonchev–Trinajstić information content (AvgIpc) is 3.03. The molecule has 3 aromatic rings. The van der Waals surface area contributed by atoms with E-state index in [1.54, 1.807) is 60.7 Å². The van der Waals surface area contributed by atoms with Crippen molar-refractivity contribution < 1.29 is 42.7 Å². The van der Waals surface area contributed by atoms with Crippen LogP contribution in [0.2, 0.25) is 0 Å². The molecule has 0 radical (unpaired) electrons. The van der Waals surface area contributed by atoms with Gasteiger partial charge in [0.25, 0.3) is 0 Å². The van der Waals surface area contributed by atoms with E-state index in [0.717, 1.165) is 0 Å². The highest BCUT2D eigenvalue weighted by Gasteiger charge is 2.18. The fourth-order valence-electron chi connectivity index (χ4n) is 4.05. The van der Waals surface area contributed by atoms with Gasteiger partial charge in [0, 0.05) is 0 Å². The molecule has 3 aromatic carbocycles. The predicted octanol–water partition coefficient (Wildman–Crippen LogP) is 5.70. The van der Waals surface area contributed by atoms with Crippen LogP contribution < -0.4 is 33.2 Å². The molecule has 0 saturated heterocycles. The fourth-order valence-corrected chi connectivity index (χ4v) is 4.05. The van der Waals surface area contributed by atoms with Crippen molar-refractivity contribution in [1.82, 2.24) is 0 Å². The van der Waals surface area contributed by atoms with Crippen molar-refractivity contribution in [3.8, 4) is 40.2 Å². The quantitative estimate of drug-likeness (QED) is 0.136. The third-order valence-corrected chi connectivity index (χ3v) is 6.20. The zero-order valence-corrected chi connectivity index (χ0v) is 24.7. The van der Waals surface area contributed by atoms with E-state index >= 15 is 0 Å². The highest BCUT2D eigenvalue weighted by molar-refractivity contribution is 6.31. The molecule has 9 nitrogen and oxygen atoms in total. The lowest BCUT2D eigenvalue weighted by Gasteiger charge is -2.13. The summed E-state index contributed by atoms with van der Waals surface area (Å²) in [6.07, 6.45) is 7.32. The minimum atomic E-state index is -0.513. The van der Waals surface area contributed by atoms with Crippen LogP contribution in [0.5, 0.6) is 40.2 Å². The molecule has 0 bridgehead atoms. The summed E-state index contributed by atoms with van der Waals surface area (Å²) in [5.41, 5.74) is 1.78. The molecule has 0 spiro atoms. The van der Waals surface area contributed by atoms with Crippen LogP contribution >= 0.6 is 0 Å². The van der Waals surface area contributed by atoms with E-state index in [2.05, 4.69) is 0 Å². The highest BCUT2D eigenvalue weighted by atomic mass is 16.5. The summed E-state index contributed by atoms with van der Waals surface area (Å²) in [7, 11) is 10.6. The molecule has 0 fully saturated rings. The van der Waals surface area contributed by atoms with Gasteiger partial charge in [-0.1, -0.05) is 24.3 Å². The van der Waals surface area contributed by atoms with Gasteiger partial charge in [-0.2, -0.15) is 0 Å². The van der Waals surface area contributed by atoms with Crippen molar-refractivity contribution in [3.05, 3.63) is 82.9 Å². The lowest BCUT2D eigenvalue weighted by atomic mass is 10.00. The Hall–Kier alpha value is -5.18. The van der Waals surface area contributed by atoms with Gasteiger partial charge in [0.1, 0.15) is 0 Å². The Kier molecular flexibility index (Phi) is 11.2. The van der Waals surface area contributed by atoms with Gasteiger partial charge in [-0.25, -0.2) is 0 Å². The first-order chi connectivity index (χ1) is 20.3. The summed E-state index contributed by atoms with van der Waals surface area (Å²) in [5.74, 6) is 2.24. The summed E-state index contributed by atoms with van der Waals surface area (Å²) in [4.78, 5) is 27.0. The van der Waals surface area contributed by atoms with Crippen LogP contribution in [0.15, 0.2) is 66.3 Å². The molecule has 0 unspecified atom stereocenters. The molecule has 0 aliphatic carbocycles. The first-order valence-corrected chi connectivity index (χ1v) is 12.7. The second-order valence-electron chi connectivity index (χ2n) is 8.64. The Bertz CT molecular complexity index is 1410. The van der Waals surface area contributed by atoms with Gasteiger partial charge in [-0.3, -0.25) is 9.59 Å². The van der Waals surface area contributed by atoms with E-state index in [0.29, 0.717) is 56.9 Å². The zero-order valence-electron chi connectivity index (χ0n) is 24.7. The van der Waals surface area contributed by atoms with Crippen molar-refractivity contribution >= 4 is 29.8 Å². The Labute approximate surface area is 245 Å². The molecule has 0 aliphatic heterocycles. The van der Waals surface area contributed by atoms with Crippen LogP contribution in [-0.4, -0.2) is 61.3 Å². The van der Waals surface area contributed by atoms with Gasteiger partial charge in [0.05, 0.1) is 55.3 Å². The van der Waals surface area contributed by atoms with Gasteiger partial charge >= 0.3 is 0 Å².